The van der Waals surface area contributed by atoms with Crippen molar-refractivity contribution in [2.75, 3.05) is 13.7 Å². The Morgan fingerprint density at radius 2 is 1.94 bits per heavy atom. The summed E-state index contributed by atoms with van der Waals surface area (Å²) in [6.07, 6.45) is 3.45. The number of ether oxygens (including phenoxy) is 3. The minimum atomic E-state index is -0.922. The van der Waals surface area contributed by atoms with Crippen molar-refractivity contribution in [2.45, 2.75) is 62.8 Å². The maximum Gasteiger partial charge on any atom is 0.309 e. The van der Waals surface area contributed by atoms with Crippen LogP contribution in [0, 0.1) is 0 Å². The number of phenols is 1. The maximum atomic E-state index is 12.6. The Balaban J connectivity index is 1.62. The zero-order valence-electron chi connectivity index (χ0n) is 18.2. The molecule has 4 aliphatic rings. The number of piperidine rings is 2. The van der Waals surface area contributed by atoms with Crippen molar-refractivity contribution in [3.8, 4) is 23.0 Å². The lowest BCUT2D eigenvalue weighted by Gasteiger charge is -2.47. The number of aliphatic hydroxyl groups is 1. The van der Waals surface area contributed by atoms with Gasteiger partial charge in [-0.05, 0) is 43.1 Å². The fourth-order valence-electron chi connectivity index (χ4n) is 5.35. The predicted octanol–water partition coefficient (Wildman–Crippen LogP) is 4.23. The summed E-state index contributed by atoms with van der Waals surface area (Å²) in [6.45, 7) is 0.954. The summed E-state index contributed by atoms with van der Waals surface area (Å²) in [7, 11) is 1.51. The van der Waals surface area contributed by atoms with E-state index in [0.29, 0.717) is 35.3 Å². The molecule has 7 heteroatoms. The highest BCUT2D eigenvalue weighted by atomic mass is 16.5. The third-order valence-corrected chi connectivity index (χ3v) is 6.92. The summed E-state index contributed by atoms with van der Waals surface area (Å²) in [4.78, 5) is 15.1. The van der Waals surface area contributed by atoms with E-state index in [4.69, 9.17) is 14.2 Å². The van der Waals surface area contributed by atoms with E-state index < -0.39 is 6.10 Å². The molecule has 0 saturated carbocycles. The third kappa shape index (κ3) is 4.02. The van der Waals surface area contributed by atoms with E-state index in [2.05, 4.69) is 4.90 Å². The first kappa shape index (κ1) is 21.1. The minimum Gasteiger partial charge on any atom is -0.504 e. The Morgan fingerprint density at radius 1 is 1.12 bits per heavy atom. The van der Waals surface area contributed by atoms with Crippen LogP contribution in [0.15, 0.2) is 36.4 Å². The van der Waals surface area contributed by atoms with Crippen LogP contribution in [0.25, 0.3) is 0 Å². The smallest absolute Gasteiger partial charge is 0.309 e. The summed E-state index contributed by atoms with van der Waals surface area (Å²) < 4.78 is 17.5. The molecule has 0 unspecified atom stereocenters. The number of aliphatic hydroxyl groups excluding tert-OH is 1. The van der Waals surface area contributed by atoms with Gasteiger partial charge in [-0.3, -0.25) is 9.69 Å². The normalized spacial score (nSPS) is 28.0. The van der Waals surface area contributed by atoms with Crippen LogP contribution in [0.5, 0.6) is 23.0 Å². The second kappa shape index (κ2) is 8.64. The Labute approximate surface area is 187 Å². The molecular weight excluding hydrogens is 410 g/mol. The van der Waals surface area contributed by atoms with Gasteiger partial charge in [-0.25, -0.2) is 0 Å². The largest absolute Gasteiger partial charge is 0.504 e. The first-order valence-corrected chi connectivity index (χ1v) is 11.3. The van der Waals surface area contributed by atoms with Crippen molar-refractivity contribution < 1.29 is 29.2 Å². The van der Waals surface area contributed by atoms with E-state index >= 15 is 0 Å². The number of nitrogens with zero attached hydrogens (tertiary/aromatic N) is 1. The number of hydrogen-bond acceptors (Lipinski definition) is 7. The van der Waals surface area contributed by atoms with Crippen molar-refractivity contribution in [2.24, 2.45) is 0 Å². The van der Waals surface area contributed by atoms with Gasteiger partial charge in [0.25, 0.3) is 0 Å². The Kier molecular flexibility index (Phi) is 5.69. The number of carbonyl (C=O) groups is 1. The number of methoxy groups -OCH3 is 1. The number of phenolic OH excluding ortho intramolecular Hbond substituents is 1. The van der Waals surface area contributed by atoms with Gasteiger partial charge in [0, 0.05) is 36.6 Å². The number of rotatable bonds is 1. The Morgan fingerprint density at radius 3 is 2.72 bits per heavy atom. The molecule has 6 rings (SSSR count). The van der Waals surface area contributed by atoms with E-state index in [0.717, 1.165) is 37.8 Å². The average molecular weight is 440 g/mol. The first-order chi connectivity index (χ1) is 15.5. The van der Waals surface area contributed by atoms with Crippen LogP contribution in [0.2, 0.25) is 0 Å². The van der Waals surface area contributed by atoms with Crippen LogP contribution in [0.1, 0.15) is 61.8 Å². The van der Waals surface area contributed by atoms with Gasteiger partial charge >= 0.3 is 5.97 Å². The number of carbonyl (C=O) groups excluding carboxylic acids is 1. The molecule has 0 aromatic heterocycles. The molecule has 2 N–H and O–H groups in total. The molecule has 7 nitrogen and oxygen atoms in total. The second-order valence-electron chi connectivity index (χ2n) is 8.94. The van der Waals surface area contributed by atoms with Crippen molar-refractivity contribution in [1.29, 1.82) is 0 Å². The van der Waals surface area contributed by atoms with Crippen LogP contribution < -0.4 is 9.47 Å². The summed E-state index contributed by atoms with van der Waals surface area (Å²) in [5.41, 5.74) is 1.49. The highest BCUT2D eigenvalue weighted by Gasteiger charge is 2.40. The fourth-order valence-corrected chi connectivity index (χ4v) is 5.35. The Bertz CT molecular complexity index is 991. The molecule has 2 saturated heterocycles. The topological polar surface area (TPSA) is 88.5 Å². The predicted molar refractivity (Wildman–Crippen MR) is 117 cm³/mol. The molecule has 2 aromatic carbocycles. The molecule has 170 valence electrons. The molecule has 0 radical (unpaired) electrons. The summed E-state index contributed by atoms with van der Waals surface area (Å²) in [5, 5.41) is 21.1. The maximum absolute atomic E-state index is 12.6. The molecule has 2 fully saturated rings. The van der Waals surface area contributed by atoms with Crippen LogP contribution in [-0.4, -0.2) is 46.9 Å². The second-order valence-corrected chi connectivity index (χ2v) is 8.94. The minimum absolute atomic E-state index is 0.0575. The van der Waals surface area contributed by atoms with Gasteiger partial charge in [0.2, 0.25) is 0 Å². The summed E-state index contributed by atoms with van der Waals surface area (Å²) >= 11 is 0. The van der Waals surface area contributed by atoms with Crippen LogP contribution >= 0.6 is 0 Å². The van der Waals surface area contributed by atoms with Gasteiger partial charge in [0.15, 0.2) is 11.5 Å². The van der Waals surface area contributed by atoms with Gasteiger partial charge in [0.1, 0.15) is 17.6 Å². The lowest BCUT2D eigenvalue weighted by atomic mass is 9.84. The number of aromatic hydroxyl groups is 1. The van der Waals surface area contributed by atoms with Crippen molar-refractivity contribution in [3.63, 3.8) is 0 Å². The fraction of sp³-hybridized carbons (Fsp3) is 0.480. The molecule has 4 bridgehead atoms. The third-order valence-electron chi connectivity index (χ3n) is 6.92. The molecule has 0 amide bonds. The molecule has 32 heavy (non-hydrogen) atoms. The van der Waals surface area contributed by atoms with Crippen molar-refractivity contribution >= 4 is 5.97 Å². The van der Waals surface area contributed by atoms with Crippen LogP contribution in [0.4, 0.5) is 0 Å². The van der Waals surface area contributed by atoms with Gasteiger partial charge < -0.3 is 24.4 Å². The molecule has 0 spiro atoms. The van der Waals surface area contributed by atoms with E-state index in [9.17, 15) is 15.0 Å². The number of esters is 1. The summed E-state index contributed by atoms with van der Waals surface area (Å²) in [5.74, 6) is 1.22. The van der Waals surface area contributed by atoms with Gasteiger partial charge in [-0.1, -0.05) is 18.6 Å². The van der Waals surface area contributed by atoms with Gasteiger partial charge in [0.05, 0.1) is 19.6 Å². The molecule has 0 aliphatic carbocycles. The van der Waals surface area contributed by atoms with E-state index in [1.54, 1.807) is 36.4 Å². The van der Waals surface area contributed by atoms with Gasteiger partial charge in [-0.2, -0.15) is 0 Å². The lowest BCUT2D eigenvalue weighted by Crippen LogP contribution is -2.49. The highest BCUT2D eigenvalue weighted by Crippen LogP contribution is 2.47. The molecule has 4 aliphatic heterocycles. The number of fused-ring (bicyclic) bond motifs is 6. The van der Waals surface area contributed by atoms with Crippen LogP contribution in [0.3, 0.4) is 0 Å². The van der Waals surface area contributed by atoms with Crippen molar-refractivity contribution in [3.05, 3.63) is 47.5 Å². The number of hydrogen-bond donors (Lipinski definition) is 2. The quantitative estimate of drug-likeness (QED) is 0.643. The SMILES string of the molecule is COc1cc2c(cc1O)[C@@H]1C[C@H](C[C@@H]3CCCCN31)OC(=O)C[C@H](O)c1ccc(cc1)O2. The van der Waals surface area contributed by atoms with Crippen LogP contribution in [-0.2, 0) is 9.53 Å². The zero-order valence-corrected chi connectivity index (χ0v) is 18.2. The monoisotopic (exact) mass is 439 g/mol. The zero-order chi connectivity index (χ0) is 22.2. The van der Waals surface area contributed by atoms with Gasteiger partial charge in [-0.15, -0.1) is 0 Å². The lowest BCUT2D eigenvalue weighted by molar-refractivity contribution is -0.157. The summed E-state index contributed by atoms with van der Waals surface area (Å²) in [6, 6.07) is 10.7. The van der Waals surface area contributed by atoms with E-state index in [-0.39, 0.29) is 30.3 Å². The molecular formula is C25H29NO6. The average Bonchev–Trinajstić information content (AvgIpc) is 2.79. The Hall–Kier alpha value is -2.77. The van der Waals surface area contributed by atoms with E-state index in [1.807, 2.05) is 0 Å². The standard InChI is InChI=1S/C25H29NO6/c1-30-24-14-23-19(12-22(24)28)20-11-18(10-16-4-2-3-9-26(16)20)32-25(29)13-21(27)15-5-7-17(31-23)8-6-15/h5-8,12,14,16,18,20-21,27-28H,2-4,9-11,13H2,1H3/t16-,18-,20-,21-/m0/s1. The van der Waals surface area contributed by atoms with Crippen molar-refractivity contribution in [1.82, 2.24) is 4.90 Å². The van der Waals surface area contributed by atoms with E-state index in [1.165, 1.54) is 7.11 Å². The molecule has 2 aromatic rings. The molecule has 4 atom stereocenters. The number of benzene rings is 2. The first-order valence-electron chi connectivity index (χ1n) is 11.3. The molecule has 4 heterocycles. The highest BCUT2D eigenvalue weighted by molar-refractivity contribution is 5.70.